The van der Waals surface area contributed by atoms with Crippen LogP contribution in [0.4, 0.5) is 0 Å². The summed E-state index contributed by atoms with van der Waals surface area (Å²) in [7, 11) is 0. The minimum absolute atomic E-state index is 0.700. The number of piperidine rings is 1. The summed E-state index contributed by atoms with van der Waals surface area (Å²) < 4.78 is 0. The van der Waals surface area contributed by atoms with Crippen LogP contribution in [0.2, 0.25) is 0 Å². The number of rotatable bonds is 4. The highest BCUT2D eigenvalue weighted by Gasteiger charge is 2.39. The molecule has 2 aliphatic rings. The van der Waals surface area contributed by atoms with Crippen LogP contribution in [0.5, 0.6) is 0 Å². The Hall–Kier alpha value is -0.860. The Kier molecular flexibility index (Phi) is 4.66. The maximum absolute atomic E-state index is 3.90. The first-order valence-electron chi connectivity index (χ1n) is 8.66. The van der Waals surface area contributed by atoms with Crippen LogP contribution < -0.4 is 5.32 Å². The topological polar surface area (TPSA) is 15.3 Å². The van der Waals surface area contributed by atoms with Gasteiger partial charge < -0.3 is 10.2 Å². The summed E-state index contributed by atoms with van der Waals surface area (Å²) in [6, 6.07) is 10.3. The van der Waals surface area contributed by atoms with Gasteiger partial charge in [0.05, 0.1) is 0 Å². The molecule has 0 spiro atoms. The Morgan fingerprint density at radius 1 is 1.19 bits per heavy atom. The van der Waals surface area contributed by atoms with Crippen molar-refractivity contribution in [1.29, 1.82) is 0 Å². The molecule has 116 valence electrons. The minimum Gasteiger partial charge on any atom is -0.309 e. The van der Waals surface area contributed by atoms with E-state index in [1.54, 1.807) is 0 Å². The summed E-state index contributed by atoms with van der Waals surface area (Å²) in [5.41, 5.74) is 2.79. The van der Waals surface area contributed by atoms with Crippen LogP contribution in [-0.2, 0) is 6.54 Å². The van der Waals surface area contributed by atoms with Crippen LogP contribution in [0.15, 0.2) is 24.3 Å². The molecule has 0 aromatic heterocycles. The molecule has 2 fully saturated rings. The molecule has 0 radical (unpaired) electrons. The molecule has 3 rings (SSSR count). The molecule has 1 aliphatic carbocycles. The van der Waals surface area contributed by atoms with E-state index in [0.717, 1.165) is 24.4 Å². The first kappa shape index (κ1) is 15.1. The lowest BCUT2D eigenvalue weighted by Crippen LogP contribution is -2.58. The number of likely N-dealkylation sites (tertiary alicyclic amines) is 1. The van der Waals surface area contributed by atoms with Gasteiger partial charge in [0.1, 0.15) is 0 Å². The predicted octanol–water partition coefficient (Wildman–Crippen LogP) is 3.59. The van der Waals surface area contributed by atoms with Gasteiger partial charge in [-0.2, -0.15) is 0 Å². The SMILES string of the molecule is Cc1cccc(CNC2C3CCCC2CN(C(C)C)C3)c1. The summed E-state index contributed by atoms with van der Waals surface area (Å²) in [5, 5.41) is 3.90. The van der Waals surface area contributed by atoms with Crippen molar-refractivity contribution < 1.29 is 0 Å². The molecule has 0 amide bonds. The Bertz CT molecular complexity index is 454. The highest BCUT2D eigenvalue weighted by molar-refractivity contribution is 5.22. The maximum Gasteiger partial charge on any atom is 0.0208 e. The minimum atomic E-state index is 0.700. The second kappa shape index (κ2) is 6.50. The van der Waals surface area contributed by atoms with E-state index in [2.05, 4.69) is 55.3 Å². The molecular formula is C19H30N2. The standard InChI is InChI=1S/C19H30N2/c1-14(2)21-12-17-8-5-9-18(13-21)19(17)20-11-16-7-4-6-15(3)10-16/h4,6-7,10,14,17-20H,5,8-9,11-13H2,1-3H3. The summed E-state index contributed by atoms with van der Waals surface area (Å²) in [6.07, 6.45) is 4.25. The van der Waals surface area contributed by atoms with Crippen LogP contribution in [0.1, 0.15) is 44.2 Å². The van der Waals surface area contributed by atoms with Gasteiger partial charge in [-0.1, -0.05) is 36.2 Å². The van der Waals surface area contributed by atoms with E-state index < -0.39 is 0 Å². The van der Waals surface area contributed by atoms with Crippen molar-refractivity contribution in [2.75, 3.05) is 13.1 Å². The van der Waals surface area contributed by atoms with Crippen molar-refractivity contribution in [1.82, 2.24) is 10.2 Å². The zero-order valence-electron chi connectivity index (χ0n) is 13.8. The molecule has 1 aliphatic heterocycles. The van der Waals surface area contributed by atoms with Gasteiger partial charge in [-0.3, -0.25) is 0 Å². The van der Waals surface area contributed by atoms with Crippen molar-refractivity contribution in [2.45, 2.75) is 58.7 Å². The van der Waals surface area contributed by atoms with E-state index in [4.69, 9.17) is 0 Å². The van der Waals surface area contributed by atoms with Crippen molar-refractivity contribution >= 4 is 0 Å². The van der Waals surface area contributed by atoms with E-state index in [-0.39, 0.29) is 0 Å². The third-order valence-corrected chi connectivity index (χ3v) is 5.46. The van der Waals surface area contributed by atoms with Crippen molar-refractivity contribution in [3.05, 3.63) is 35.4 Å². The second-order valence-corrected chi connectivity index (χ2v) is 7.39. The van der Waals surface area contributed by atoms with Gasteiger partial charge in [-0.25, -0.2) is 0 Å². The van der Waals surface area contributed by atoms with E-state index >= 15 is 0 Å². The molecule has 1 saturated heterocycles. The van der Waals surface area contributed by atoms with E-state index in [0.29, 0.717) is 6.04 Å². The van der Waals surface area contributed by atoms with E-state index in [1.165, 1.54) is 43.5 Å². The molecular weight excluding hydrogens is 256 g/mol. The third-order valence-electron chi connectivity index (χ3n) is 5.46. The van der Waals surface area contributed by atoms with Crippen molar-refractivity contribution in [3.8, 4) is 0 Å². The summed E-state index contributed by atoms with van der Waals surface area (Å²) >= 11 is 0. The van der Waals surface area contributed by atoms with Gasteiger partial charge in [0.25, 0.3) is 0 Å². The van der Waals surface area contributed by atoms with Crippen LogP contribution >= 0.6 is 0 Å². The monoisotopic (exact) mass is 286 g/mol. The quantitative estimate of drug-likeness (QED) is 0.910. The predicted molar refractivity (Wildman–Crippen MR) is 89.3 cm³/mol. The van der Waals surface area contributed by atoms with Gasteiger partial charge >= 0.3 is 0 Å². The third kappa shape index (κ3) is 3.49. The molecule has 1 heterocycles. The highest BCUT2D eigenvalue weighted by Crippen LogP contribution is 2.35. The average molecular weight is 286 g/mol. The summed E-state index contributed by atoms with van der Waals surface area (Å²) in [6.45, 7) is 10.5. The van der Waals surface area contributed by atoms with E-state index in [1.807, 2.05) is 0 Å². The van der Waals surface area contributed by atoms with Crippen LogP contribution in [0, 0.1) is 18.8 Å². The summed E-state index contributed by atoms with van der Waals surface area (Å²) in [5.74, 6) is 1.70. The Labute approximate surface area is 129 Å². The maximum atomic E-state index is 3.90. The summed E-state index contributed by atoms with van der Waals surface area (Å²) in [4.78, 5) is 2.69. The second-order valence-electron chi connectivity index (χ2n) is 7.39. The lowest BCUT2D eigenvalue weighted by Gasteiger charge is -2.49. The lowest BCUT2D eigenvalue weighted by atomic mass is 9.73. The first-order valence-corrected chi connectivity index (χ1v) is 8.66. The number of nitrogens with one attached hydrogen (secondary N) is 1. The number of benzene rings is 1. The number of hydrogen-bond donors (Lipinski definition) is 1. The molecule has 2 nitrogen and oxygen atoms in total. The molecule has 2 atom stereocenters. The number of hydrogen-bond acceptors (Lipinski definition) is 2. The van der Waals surface area contributed by atoms with Gasteiger partial charge in [0.2, 0.25) is 0 Å². The zero-order chi connectivity index (χ0) is 14.8. The van der Waals surface area contributed by atoms with Crippen LogP contribution in [0.25, 0.3) is 0 Å². The van der Waals surface area contributed by atoms with Crippen LogP contribution in [-0.4, -0.2) is 30.1 Å². The fourth-order valence-corrected chi connectivity index (χ4v) is 4.29. The average Bonchev–Trinajstić information content (AvgIpc) is 2.44. The zero-order valence-corrected chi connectivity index (χ0v) is 13.8. The molecule has 1 aromatic rings. The number of nitrogens with zero attached hydrogens (tertiary/aromatic N) is 1. The molecule has 1 saturated carbocycles. The van der Waals surface area contributed by atoms with Gasteiger partial charge in [0.15, 0.2) is 0 Å². The Morgan fingerprint density at radius 2 is 1.90 bits per heavy atom. The normalized spacial score (nSPS) is 29.8. The Balaban J connectivity index is 1.63. The number of aryl methyl sites for hydroxylation is 1. The Morgan fingerprint density at radius 3 is 2.52 bits per heavy atom. The number of fused-ring (bicyclic) bond motifs is 2. The first-order chi connectivity index (χ1) is 10.1. The van der Waals surface area contributed by atoms with Crippen molar-refractivity contribution in [3.63, 3.8) is 0 Å². The van der Waals surface area contributed by atoms with Crippen LogP contribution in [0.3, 0.4) is 0 Å². The fourth-order valence-electron chi connectivity index (χ4n) is 4.29. The largest absolute Gasteiger partial charge is 0.309 e. The highest BCUT2D eigenvalue weighted by atomic mass is 15.2. The molecule has 1 N–H and O–H groups in total. The fraction of sp³-hybridized carbons (Fsp3) is 0.684. The molecule has 1 aromatic carbocycles. The molecule has 2 heteroatoms. The molecule has 2 unspecified atom stereocenters. The lowest BCUT2D eigenvalue weighted by molar-refractivity contribution is 0.0290. The van der Waals surface area contributed by atoms with Crippen molar-refractivity contribution in [2.24, 2.45) is 11.8 Å². The van der Waals surface area contributed by atoms with Gasteiger partial charge in [-0.05, 0) is 51.0 Å². The smallest absolute Gasteiger partial charge is 0.0208 e. The van der Waals surface area contributed by atoms with E-state index in [9.17, 15) is 0 Å². The van der Waals surface area contributed by atoms with Gasteiger partial charge in [-0.15, -0.1) is 0 Å². The molecule has 2 bridgehead atoms. The molecule has 21 heavy (non-hydrogen) atoms. The van der Waals surface area contributed by atoms with Gasteiger partial charge in [0, 0.05) is 31.7 Å².